The van der Waals surface area contributed by atoms with Crippen LogP contribution in [0.25, 0.3) is 0 Å². The molecule has 2 rings (SSSR count). The summed E-state index contributed by atoms with van der Waals surface area (Å²) in [4.78, 5) is 0. The van der Waals surface area contributed by atoms with Gasteiger partial charge in [-0.25, -0.2) is 0 Å². The summed E-state index contributed by atoms with van der Waals surface area (Å²) >= 11 is 0. The molecule has 0 heterocycles. The first-order valence-corrected chi connectivity index (χ1v) is 13.1. The molecule has 0 N–H and O–H groups in total. The highest BCUT2D eigenvalue weighted by molar-refractivity contribution is 5.28. The predicted molar refractivity (Wildman–Crippen MR) is 134 cm³/mol. The Kier molecular flexibility index (Phi) is 17.7. The Hall–Kier alpha value is -0.600. The summed E-state index contributed by atoms with van der Waals surface area (Å²) in [6.07, 6.45) is 20.3. The van der Waals surface area contributed by atoms with Crippen LogP contribution in [0.4, 0.5) is 0 Å². The molecule has 2 nitrogen and oxygen atoms in total. The van der Waals surface area contributed by atoms with E-state index in [1.165, 1.54) is 56.9 Å². The van der Waals surface area contributed by atoms with Gasteiger partial charge < -0.3 is 9.47 Å². The number of unbranched alkanes of at least 4 members (excludes halogenated alkanes) is 1. The maximum atomic E-state index is 6.15. The Morgan fingerprint density at radius 2 is 1.70 bits per heavy atom. The molecule has 0 spiro atoms. The molecule has 2 aliphatic rings. The van der Waals surface area contributed by atoms with Gasteiger partial charge in [-0.15, -0.1) is 0 Å². The van der Waals surface area contributed by atoms with Crippen molar-refractivity contribution in [3.8, 4) is 0 Å². The molecule has 0 radical (unpaired) electrons. The second-order valence-corrected chi connectivity index (χ2v) is 9.22. The lowest BCUT2D eigenvalue weighted by molar-refractivity contribution is -0.0969. The lowest BCUT2D eigenvalue weighted by Crippen LogP contribution is -2.35. The Balaban J connectivity index is 0.000000648. The molecular weight excluding hydrogens is 368 g/mol. The Labute approximate surface area is 189 Å². The number of hydrogen-bond donors (Lipinski definition) is 0. The van der Waals surface area contributed by atoms with E-state index in [1.807, 2.05) is 13.8 Å². The highest BCUT2D eigenvalue weighted by atomic mass is 16.5. The van der Waals surface area contributed by atoms with Crippen LogP contribution in [-0.4, -0.2) is 24.9 Å². The van der Waals surface area contributed by atoms with Gasteiger partial charge in [-0.05, 0) is 56.9 Å². The highest BCUT2D eigenvalue weighted by Crippen LogP contribution is 2.36. The molecule has 30 heavy (non-hydrogen) atoms. The van der Waals surface area contributed by atoms with E-state index in [4.69, 9.17) is 9.47 Å². The van der Waals surface area contributed by atoms with Gasteiger partial charge in [-0.2, -0.15) is 0 Å². The van der Waals surface area contributed by atoms with Crippen LogP contribution in [0.1, 0.15) is 120 Å². The molecule has 178 valence electrons. The van der Waals surface area contributed by atoms with Crippen molar-refractivity contribution in [2.24, 2.45) is 11.8 Å². The van der Waals surface area contributed by atoms with Crippen LogP contribution >= 0.6 is 0 Å². The quantitative estimate of drug-likeness (QED) is 0.292. The standard InChI is InChI=1S/C17H28O2.C9H20.C2H6/c1-4-12-18-13-17(2,3)19-16-10-8-15(9-11-16)14-6-5-7-14;1-4-7-8-9(5-2)6-3;1-2/h8-10,14,16H,4-7,11-13H2,1-3H3;9H,4-8H2,1-3H3;1-2H3/t16-;;/m0../s1. The maximum Gasteiger partial charge on any atom is 0.0867 e. The van der Waals surface area contributed by atoms with Gasteiger partial charge >= 0.3 is 0 Å². The molecule has 1 saturated carbocycles. The molecule has 0 aromatic rings. The van der Waals surface area contributed by atoms with Crippen molar-refractivity contribution in [1.29, 1.82) is 0 Å². The SMILES string of the molecule is CC.CCCCC(CC)CC.CCCOCC(C)(C)O[C@H]1C=CC(C2CCC2)=CC1. The summed E-state index contributed by atoms with van der Waals surface area (Å²) in [6, 6.07) is 0. The van der Waals surface area contributed by atoms with E-state index in [-0.39, 0.29) is 11.7 Å². The second-order valence-electron chi connectivity index (χ2n) is 9.22. The normalized spacial score (nSPS) is 18.7. The monoisotopic (exact) mass is 422 g/mol. The van der Waals surface area contributed by atoms with Crippen LogP contribution in [0, 0.1) is 11.8 Å². The smallest absolute Gasteiger partial charge is 0.0867 e. The summed E-state index contributed by atoms with van der Waals surface area (Å²) in [6.45, 7) is 18.7. The number of allylic oxidation sites excluding steroid dienone is 2. The fraction of sp³-hybridized carbons (Fsp3) is 0.857. The molecule has 0 saturated heterocycles. The maximum absolute atomic E-state index is 6.15. The van der Waals surface area contributed by atoms with Gasteiger partial charge in [-0.3, -0.25) is 0 Å². The molecule has 1 atom stereocenters. The number of hydrogen-bond acceptors (Lipinski definition) is 2. The average molecular weight is 423 g/mol. The van der Waals surface area contributed by atoms with E-state index in [9.17, 15) is 0 Å². The van der Waals surface area contributed by atoms with Crippen LogP contribution in [0.5, 0.6) is 0 Å². The Bertz CT molecular complexity index is 442. The van der Waals surface area contributed by atoms with Gasteiger partial charge in [0.1, 0.15) is 0 Å². The molecule has 0 unspecified atom stereocenters. The molecule has 0 aliphatic heterocycles. The lowest BCUT2D eigenvalue weighted by atomic mass is 9.78. The van der Waals surface area contributed by atoms with Gasteiger partial charge in [0.15, 0.2) is 0 Å². The molecule has 0 aromatic heterocycles. The van der Waals surface area contributed by atoms with E-state index in [0.29, 0.717) is 6.61 Å². The van der Waals surface area contributed by atoms with Crippen LogP contribution in [0.3, 0.4) is 0 Å². The number of rotatable bonds is 12. The first kappa shape index (κ1) is 29.4. The Morgan fingerprint density at radius 3 is 2.13 bits per heavy atom. The van der Waals surface area contributed by atoms with Gasteiger partial charge in [-0.1, -0.05) is 98.3 Å². The zero-order valence-corrected chi connectivity index (χ0v) is 21.8. The lowest BCUT2D eigenvalue weighted by Gasteiger charge is -2.32. The fourth-order valence-electron chi connectivity index (χ4n) is 3.84. The summed E-state index contributed by atoms with van der Waals surface area (Å²) in [5.74, 6) is 1.84. The van der Waals surface area contributed by atoms with Crippen molar-refractivity contribution in [2.45, 2.75) is 131 Å². The Morgan fingerprint density at radius 1 is 1.03 bits per heavy atom. The van der Waals surface area contributed by atoms with Crippen LogP contribution in [0.15, 0.2) is 23.8 Å². The molecule has 0 bridgehead atoms. The van der Waals surface area contributed by atoms with Crippen LogP contribution in [-0.2, 0) is 9.47 Å². The molecule has 1 fully saturated rings. The van der Waals surface area contributed by atoms with E-state index in [0.717, 1.165) is 31.3 Å². The van der Waals surface area contributed by atoms with Gasteiger partial charge in [0.05, 0.1) is 18.3 Å². The van der Waals surface area contributed by atoms with Crippen LogP contribution < -0.4 is 0 Å². The van der Waals surface area contributed by atoms with Gasteiger partial charge in [0, 0.05) is 6.61 Å². The van der Waals surface area contributed by atoms with E-state index in [1.54, 1.807) is 0 Å². The van der Waals surface area contributed by atoms with Crippen molar-refractivity contribution >= 4 is 0 Å². The van der Waals surface area contributed by atoms with E-state index in [2.05, 4.69) is 59.8 Å². The zero-order valence-electron chi connectivity index (χ0n) is 21.8. The second kappa shape index (κ2) is 18.0. The highest BCUT2D eigenvalue weighted by Gasteiger charge is 2.26. The van der Waals surface area contributed by atoms with Crippen molar-refractivity contribution in [2.75, 3.05) is 13.2 Å². The molecule has 2 aliphatic carbocycles. The van der Waals surface area contributed by atoms with Crippen molar-refractivity contribution in [3.05, 3.63) is 23.8 Å². The topological polar surface area (TPSA) is 18.5 Å². The van der Waals surface area contributed by atoms with E-state index < -0.39 is 0 Å². The molecule has 0 aromatic carbocycles. The minimum Gasteiger partial charge on any atom is -0.378 e. The first-order valence-electron chi connectivity index (χ1n) is 13.1. The van der Waals surface area contributed by atoms with Crippen molar-refractivity contribution in [1.82, 2.24) is 0 Å². The van der Waals surface area contributed by atoms with Gasteiger partial charge in [0.25, 0.3) is 0 Å². The summed E-state index contributed by atoms with van der Waals surface area (Å²) in [5.41, 5.74) is 1.33. The van der Waals surface area contributed by atoms with Crippen molar-refractivity contribution in [3.63, 3.8) is 0 Å². The molecule has 2 heteroatoms. The largest absolute Gasteiger partial charge is 0.378 e. The third-order valence-corrected chi connectivity index (χ3v) is 6.05. The molecular formula is C28H54O2. The third kappa shape index (κ3) is 13.0. The summed E-state index contributed by atoms with van der Waals surface area (Å²) in [5, 5.41) is 0. The molecule has 0 amide bonds. The first-order chi connectivity index (χ1) is 14.5. The summed E-state index contributed by atoms with van der Waals surface area (Å²) in [7, 11) is 0. The van der Waals surface area contributed by atoms with Gasteiger partial charge in [0.2, 0.25) is 0 Å². The zero-order chi connectivity index (χ0) is 22.8. The van der Waals surface area contributed by atoms with Crippen molar-refractivity contribution < 1.29 is 9.47 Å². The average Bonchev–Trinajstić information content (AvgIpc) is 2.71. The minimum absolute atomic E-state index is 0.202. The number of ether oxygens (including phenoxy) is 2. The third-order valence-electron chi connectivity index (χ3n) is 6.05. The fourth-order valence-corrected chi connectivity index (χ4v) is 3.84. The minimum atomic E-state index is -0.202. The summed E-state index contributed by atoms with van der Waals surface area (Å²) < 4.78 is 11.8. The van der Waals surface area contributed by atoms with Crippen LogP contribution in [0.2, 0.25) is 0 Å². The predicted octanol–water partition coefficient (Wildman–Crippen LogP) is 8.90. The van der Waals surface area contributed by atoms with E-state index >= 15 is 0 Å².